The second-order valence-corrected chi connectivity index (χ2v) is 7.11. The van der Waals surface area contributed by atoms with Crippen LogP contribution in [0.3, 0.4) is 0 Å². The van der Waals surface area contributed by atoms with Crippen molar-refractivity contribution >= 4 is 5.69 Å². The predicted molar refractivity (Wildman–Crippen MR) is 104 cm³/mol. The number of anilines is 1. The van der Waals surface area contributed by atoms with Gasteiger partial charge in [-0.25, -0.2) is 4.98 Å². The van der Waals surface area contributed by atoms with Gasteiger partial charge in [-0.1, -0.05) is 6.92 Å². The van der Waals surface area contributed by atoms with Crippen LogP contribution in [-0.4, -0.2) is 50.3 Å². The summed E-state index contributed by atoms with van der Waals surface area (Å²) < 4.78 is 9.67. The van der Waals surface area contributed by atoms with Crippen LogP contribution in [0.2, 0.25) is 0 Å². The molecule has 1 aliphatic heterocycles. The van der Waals surface area contributed by atoms with Crippen LogP contribution in [0, 0.1) is 0 Å². The Balaban J connectivity index is 1.32. The summed E-state index contributed by atoms with van der Waals surface area (Å²) in [5.74, 6) is 1.06. The highest BCUT2D eigenvalue weighted by Gasteiger charge is 2.21. The lowest BCUT2D eigenvalue weighted by atomic mass is 10.1. The van der Waals surface area contributed by atoms with Gasteiger partial charge < -0.3 is 15.4 Å². The summed E-state index contributed by atoms with van der Waals surface area (Å²) in [6, 6.07) is 2.06. The maximum absolute atomic E-state index is 6.05. The maximum atomic E-state index is 6.05. The number of nitrogens with one attached hydrogen (secondary N) is 2. The van der Waals surface area contributed by atoms with Gasteiger partial charge in [-0.2, -0.15) is 10.2 Å². The third-order valence-corrected chi connectivity index (χ3v) is 4.80. The van der Waals surface area contributed by atoms with Gasteiger partial charge in [0.05, 0.1) is 24.6 Å². The van der Waals surface area contributed by atoms with E-state index in [1.54, 1.807) is 4.68 Å². The van der Waals surface area contributed by atoms with Crippen molar-refractivity contribution in [1.29, 1.82) is 0 Å². The van der Waals surface area contributed by atoms with Crippen molar-refractivity contribution in [2.24, 2.45) is 14.1 Å². The van der Waals surface area contributed by atoms with Gasteiger partial charge in [-0.3, -0.25) is 9.36 Å². The van der Waals surface area contributed by atoms with Crippen LogP contribution >= 0.6 is 0 Å². The molecule has 2 atom stereocenters. The average Bonchev–Trinajstić information content (AvgIpc) is 3.29. The first-order chi connectivity index (χ1) is 13.1. The molecule has 27 heavy (non-hydrogen) atoms. The number of rotatable bonds is 6. The minimum absolute atomic E-state index is 0.0512. The fourth-order valence-corrected chi connectivity index (χ4v) is 3.21. The Labute approximate surface area is 158 Å². The third kappa shape index (κ3) is 3.95. The monoisotopic (exact) mass is 367 g/mol. The molecule has 142 valence electrons. The maximum Gasteiger partial charge on any atom is 0.237 e. The van der Waals surface area contributed by atoms with Crippen molar-refractivity contribution in [3.05, 3.63) is 42.6 Å². The minimum atomic E-state index is 0.0512. The highest BCUT2D eigenvalue weighted by Crippen LogP contribution is 2.31. The Kier molecular flexibility index (Phi) is 4.81. The van der Waals surface area contributed by atoms with E-state index in [0.29, 0.717) is 11.8 Å². The standard InChI is InChI=1S/C19H25N7O/c1-13(15-7-23-25(2)11-15)5-20-9-17-10-21-18-4-14(6-22-19(18)27-17)16-8-24-26(3)12-16/h4,6-8,11-13,17,20-21H,5,9-10H2,1-3H3. The second kappa shape index (κ2) is 7.40. The molecule has 2 N–H and O–H groups in total. The van der Waals surface area contributed by atoms with Crippen molar-refractivity contribution in [2.75, 3.05) is 25.0 Å². The van der Waals surface area contributed by atoms with E-state index in [0.717, 1.165) is 36.4 Å². The molecule has 8 heteroatoms. The number of ether oxygens (including phenoxy) is 1. The zero-order valence-electron chi connectivity index (χ0n) is 15.9. The summed E-state index contributed by atoms with van der Waals surface area (Å²) in [6.07, 6.45) is 9.68. The van der Waals surface area contributed by atoms with E-state index < -0.39 is 0 Å². The molecule has 8 nitrogen and oxygen atoms in total. The first-order valence-corrected chi connectivity index (χ1v) is 9.17. The first kappa shape index (κ1) is 17.5. The normalized spacial score (nSPS) is 17.1. The molecule has 0 amide bonds. The van der Waals surface area contributed by atoms with E-state index in [9.17, 15) is 0 Å². The Morgan fingerprint density at radius 3 is 2.74 bits per heavy atom. The van der Waals surface area contributed by atoms with Gasteiger partial charge in [-0.15, -0.1) is 0 Å². The van der Waals surface area contributed by atoms with Crippen LogP contribution in [0.1, 0.15) is 18.4 Å². The van der Waals surface area contributed by atoms with Crippen molar-refractivity contribution < 1.29 is 4.74 Å². The summed E-state index contributed by atoms with van der Waals surface area (Å²) in [5.41, 5.74) is 4.24. The summed E-state index contributed by atoms with van der Waals surface area (Å²) in [6.45, 7) is 4.59. The number of aromatic nitrogens is 5. The lowest BCUT2D eigenvalue weighted by Gasteiger charge is -2.27. The Bertz CT molecular complexity index is 916. The van der Waals surface area contributed by atoms with Crippen molar-refractivity contribution in [3.8, 4) is 17.0 Å². The predicted octanol–water partition coefficient (Wildman–Crippen LogP) is 1.78. The van der Waals surface area contributed by atoms with Gasteiger partial charge in [-0.05, 0) is 17.5 Å². The third-order valence-electron chi connectivity index (χ3n) is 4.80. The summed E-state index contributed by atoms with van der Waals surface area (Å²) in [5, 5.41) is 15.4. The van der Waals surface area contributed by atoms with Gasteiger partial charge in [0.2, 0.25) is 5.88 Å². The first-order valence-electron chi connectivity index (χ1n) is 9.17. The van der Waals surface area contributed by atoms with Gasteiger partial charge in [0.1, 0.15) is 6.10 Å². The molecule has 2 unspecified atom stereocenters. The molecule has 0 aromatic carbocycles. The highest BCUT2D eigenvalue weighted by atomic mass is 16.5. The molecule has 0 saturated heterocycles. The number of aryl methyl sites for hydroxylation is 2. The van der Waals surface area contributed by atoms with Crippen molar-refractivity contribution in [2.45, 2.75) is 18.9 Å². The molecule has 0 radical (unpaired) electrons. The molecular formula is C19H25N7O. The fourth-order valence-electron chi connectivity index (χ4n) is 3.21. The number of hydrogen-bond acceptors (Lipinski definition) is 6. The Morgan fingerprint density at radius 2 is 2.00 bits per heavy atom. The second-order valence-electron chi connectivity index (χ2n) is 7.11. The summed E-state index contributed by atoms with van der Waals surface area (Å²) >= 11 is 0. The molecule has 1 aliphatic rings. The minimum Gasteiger partial charge on any atom is -0.470 e. The van der Waals surface area contributed by atoms with E-state index in [-0.39, 0.29) is 6.10 Å². The van der Waals surface area contributed by atoms with E-state index in [1.165, 1.54) is 5.56 Å². The molecule has 0 spiro atoms. The molecule has 0 bridgehead atoms. The zero-order valence-corrected chi connectivity index (χ0v) is 15.9. The number of nitrogens with zero attached hydrogens (tertiary/aromatic N) is 5. The fraction of sp³-hybridized carbons (Fsp3) is 0.421. The SMILES string of the molecule is CC(CNCC1CNc2cc(-c3cnn(C)c3)cnc2O1)c1cnn(C)c1. The van der Waals surface area contributed by atoms with Crippen LogP contribution in [0.4, 0.5) is 5.69 Å². The molecule has 3 aromatic heterocycles. The van der Waals surface area contributed by atoms with E-state index in [2.05, 4.69) is 45.0 Å². The Hall–Kier alpha value is -2.87. The zero-order chi connectivity index (χ0) is 18.8. The molecule has 0 aliphatic carbocycles. The van der Waals surface area contributed by atoms with Crippen molar-refractivity contribution in [1.82, 2.24) is 29.9 Å². The summed E-state index contributed by atoms with van der Waals surface area (Å²) in [7, 11) is 3.85. The highest BCUT2D eigenvalue weighted by molar-refractivity contribution is 5.69. The molecule has 0 saturated carbocycles. The van der Waals surface area contributed by atoms with Gasteiger partial charge in [0.25, 0.3) is 0 Å². The van der Waals surface area contributed by atoms with E-state index >= 15 is 0 Å². The largest absolute Gasteiger partial charge is 0.470 e. The van der Waals surface area contributed by atoms with Crippen molar-refractivity contribution in [3.63, 3.8) is 0 Å². The number of fused-ring (bicyclic) bond motifs is 1. The van der Waals surface area contributed by atoms with Gasteiger partial charge in [0, 0.05) is 56.9 Å². The van der Waals surface area contributed by atoms with Crippen LogP contribution in [-0.2, 0) is 14.1 Å². The van der Waals surface area contributed by atoms with Gasteiger partial charge in [0.15, 0.2) is 0 Å². The van der Waals surface area contributed by atoms with Crippen LogP contribution in [0.15, 0.2) is 37.1 Å². The van der Waals surface area contributed by atoms with Crippen LogP contribution < -0.4 is 15.4 Å². The quantitative estimate of drug-likeness (QED) is 0.691. The van der Waals surface area contributed by atoms with Crippen LogP contribution in [0.5, 0.6) is 5.88 Å². The lowest BCUT2D eigenvalue weighted by Crippen LogP contribution is -2.40. The average molecular weight is 367 g/mol. The lowest BCUT2D eigenvalue weighted by molar-refractivity contribution is 0.193. The molecular weight excluding hydrogens is 342 g/mol. The van der Waals surface area contributed by atoms with E-state index in [4.69, 9.17) is 4.74 Å². The summed E-state index contributed by atoms with van der Waals surface area (Å²) in [4.78, 5) is 4.49. The molecule has 4 rings (SSSR count). The molecule has 3 aromatic rings. The van der Waals surface area contributed by atoms with E-state index in [1.807, 2.05) is 43.6 Å². The van der Waals surface area contributed by atoms with Crippen LogP contribution in [0.25, 0.3) is 11.1 Å². The molecule has 4 heterocycles. The smallest absolute Gasteiger partial charge is 0.237 e. The topological polar surface area (TPSA) is 81.8 Å². The number of pyridine rings is 1. The Morgan fingerprint density at radius 1 is 1.19 bits per heavy atom. The van der Waals surface area contributed by atoms with Gasteiger partial charge >= 0.3 is 0 Å². The number of hydrogen-bond donors (Lipinski definition) is 2. The molecule has 0 fully saturated rings.